The highest BCUT2D eigenvalue weighted by atomic mass is 79.9. The molecule has 1 heterocycles. The summed E-state index contributed by atoms with van der Waals surface area (Å²) in [6.07, 6.45) is 0.696. The first kappa shape index (κ1) is 22.5. The van der Waals surface area contributed by atoms with Crippen LogP contribution in [0, 0.1) is 5.92 Å². The van der Waals surface area contributed by atoms with E-state index in [0.29, 0.717) is 24.2 Å². The van der Waals surface area contributed by atoms with Crippen LogP contribution < -0.4 is 4.74 Å². The number of benzene rings is 2. The number of methoxy groups -OCH3 is 1. The number of piperidine rings is 1. The number of ketones is 1. The smallest absolute Gasteiger partial charge is 0.309 e. The van der Waals surface area contributed by atoms with Crippen molar-refractivity contribution in [3.05, 3.63) is 58.6 Å². The van der Waals surface area contributed by atoms with E-state index in [2.05, 4.69) is 15.9 Å². The van der Waals surface area contributed by atoms with Crippen molar-refractivity contribution >= 4 is 37.7 Å². The number of hydrogen-bond donors (Lipinski definition) is 0. The van der Waals surface area contributed by atoms with Gasteiger partial charge in [0, 0.05) is 23.1 Å². The van der Waals surface area contributed by atoms with Crippen LogP contribution in [0.25, 0.3) is 0 Å². The Morgan fingerprint density at radius 3 is 2.20 bits per heavy atom. The molecule has 1 aliphatic rings. The van der Waals surface area contributed by atoms with Crippen LogP contribution in [0.1, 0.15) is 23.2 Å². The highest BCUT2D eigenvalue weighted by Crippen LogP contribution is 2.26. The molecule has 0 spiro atoms. The van der Waals surface area contributed by atoms with Gasteiger partial charge in [-0.25, -0.2) is 8.42 Å². The van der Waals surface area contributed by atoms with Gasteiger partial charge in [-0.05, 0) is 49.2 Å². The zero-order valence-corrected chi connectivity index (χ0v) is 18.8. The van der Waals surface area contributed by atoms with E-state index in [-0.39, 0.29) is 30.4 Å². The molecular weight excluding hydrogens is 474 g/mol. The van der Waals surface area contributed by atoms with Crippen LogP contribution >= 0.6 is 15.9 Å². The lowest BCUT2D eigenvalue weighted by molar-refractivity contribution is -0.148. The molecule has 3 rings (SSSR count). The van der Waals surface area contributed by atoms with Crippen LogP contribution in [0.4, 0.5) is 0 Å². The third-order valence-electron chi connectivity index (χ3n) is 5.00. The fourth-order valence-corrected chi connectivity index (χ4v) is 4.94. The van der Waals surface area contributed by atoms with Gasteiger partial charge in [0.25, 0.3) is 0 Å². The summed E-state index contributed by atoms with van der Waals surface area (Å²) in [5, 5.41) is 0. The molecule has 0 radical (unpaired) electrons. The molecule has 0 aromatic heterocycles. The quantitative estimate of drug-likeness (QED) is 0.432. The minimum absolute atomic E-state index is 0.185. The van der Waals surface area contributed by atoms with E-state index in [1.807, 2.05) is 0 Å². The Morgan fingerprint density at radius 1 is 1.03 bits per heavy atom. The predicted octanol–water partition coefficient (Wildman–Crippen LogP) is 3.28. The monoisotopic (exact) mass is 495 g/mol. The Morgan fingerprint density at radius 2 is 1.63 bits per heavy atom. The third kappa shape index (κ3) is 5.27. The molecule has 1 aliphatic heterocycles. The third-order valence-corrected chi connectivity index (χ3v) is 7.44. The van der Waals surface area contributed by atoms with Crippen molar-refractivity contribution in [3.8, 4) is 5.75 Å². The average molecular weight is 496 g/mol. The Hall–Kier alpha value is -2.23. The van der Waals surface area contributed by atoms with Crippen molar-refractivity contribution in [1.82, 2.24) is 4.31 Å². The molecule has 160 valence electrons. The van der Waals surface area contributed by atoms with Gasteiger partial charge in [-0.2, -0.15) is 4.31 Å². The van der Waals surface area contributed by atoms with Crippen molar-refractivity contribution in [2.45, 2.75) is 17.7 Å². The van der Waals surface area contributed by atoms with Crippen LogP contribution in [-0.2, 0) is 19.6 Å². The van der Waals surface area contributed by atoms with E-state index < -0.39 is 21.9 Å². The maximum absolute atomic E-state index is 12.8. The number of ether oxygens (including phenoxy) is 2. The minimum Gasteiger partial charge on any atom is -0.497 e. The molecule has 0 unspecified atom stereocenters. The summed E-state index contributed by atoms with van der Waals surface area (Å²) in [7, 11) is -2.12. The van der Waals surface area contributed by atoms with Gasteiger partial charge in [-0.15, -0.1) is 0 Å². The molecule has 30 heavy (non-hydrogen) atoms. The van der Waals surface area contributed by atoms with Gasteiger partial charge in [0.1, 0.15) is 5.75 Å². The van der Waals surface area contributed by atoms with Crippen LogP contribution in [0.3, 0.4) is 0 Å². The summed E-state index contributed by atoms with van der Waals surface area (Å²) in [5.74, 6) is -0.601. The van der Waals surface area contributed by atoms with Gasteiger partial charge in [-0.1, -0.05) is 28.1 Å². The van der Waals surface area contributed by atoms with E-state index in [9.17, 15) is 18.0 Å². The van der Waals surface area contributed by atoms with E-state index in [4.69, 9.17) is 9.47 Å². The minimum atomic E-state index is -3.63. The molecule has 0 atom stereocenters. The fourth-order valence-electron chi connectivity index (χ4n) is 3.20. The normalized spacial score (nSPS) is 15.5. The van der Waals surface area contributed by atoms with Crippen LogP contribution in [-0.4, -0.2) is 51.3 Å². The second kappa shape index (κ2) is 9.72. The van der Waals surface area contributed by atoms with Crippen LogP contribution in [0.2, 0.25) is 0 Å². The van der Waals surface area contributed by atoms with Crippen molar-refractivity contribution in [1.29, 1.82) is 0 Å². The first-order chi connectivity index (χ1) is 14.3. The lowest BCUT2D eigenvalue weighted by atomic mass is 9.98. The summed E-state index contributed by atoms with van der Waals surface area (Å²) >= 11 is 3.30. The number of rotatable bonds is 7. The molecule has 0 bridgehead atoms. The topological polar surface area (TPSA) is 90.0 Å². The molecular formula is C21H22BrNO6S. The molecule has 0 aliphatic carbocycles. The van der Waals surface area contributed by atoms with E-state index in [1.165, 1.54) is 23.5 Å². The molecule has 0 amide bonds. The lowest BCUT2D eigenvalue weighted by Crippen LogP contribution is -2.40. The molecule has 7 nitrogen and oxygen atoms in total. The number of halogens is 1. The van der Waals surface area contributed by atoms with E-state index in [0.717, 1.165) is 4.47 Å². The molecule has 2 aromatic carbocycles. The van der Waals surface area contributed by atoms with Crippen LogP contribution in [0.5, 0.6) is 5.75 Å². The van der Waals surface area contributed by atoms with Gasteiger partial charge in [0.05, 0.1) is 17.9 Å². The lowest BCUT2D eigenvalue weighted by Gasteiger charge is -2.30. The standard InChI is InChI=1S/C21H22BrNO6S/c1-28-18-6-8-19(9-7-18)30(26,27)23-12-10-16(11-13-23)21(25)29-14-20(24)15-2-4-17(22)5-3-15/h2-9,16H,10-14H2,1H3. The fraction of sp³-hybridized carbons (Fsp3) is 0.333. The van der Waals surface area contributed by atoms with Gasteiger partial charge < -0.3 is 9.47 Å². The number of nitrogens with zero attached hydrogens (tertiary/aromatic N) is 1. The van der Waals surface area contributed by atoms with Gasteiger partial charge >= 0.3 is 5.97 Å². The molecule has 1 saturated heterocycles. The number of hydrogen-bond acceptors (Lipinski definition) is 6. The molecule has 2 aromatic rings. The number of Topliss-reactive ketones (excluding diaryl/α,β-unsaturated/α-hetero) is 1. The molecule has 0 N–H and O–H groups in total. The Kier molecular flexibility index (Phi) is 7.27. The summed E-state index contributed by atoms with van der Waals surface area (Å²) in [4.78, 5) is 24.6. The predicted molar refractivity (Wildman–Crippen MR) is 114 cm³/mol. The first-order valence-electron chi connectivity index (χ1n) is 9.41. The Balaban J connectivity index is 1.52. The first-order valence-corrected chi connectivity index (χ1v) is 11.6. The number of carbonyl (C=O) groups is 2. The van der Waals surface area contributed by atoms with Crippen molar-refractivity contribution in [2.24, 2.45) is 5.92 Å². The number of carbonyl (C=O) groups excluding carboxylic acids is 2. The van der Waals surface area contributed by atoms with Crippen molar-refractivity contribution in [2.75, 3.05) is 26.8 Å². The van der Waals surface area contributed by atoms with Crippen LogP contribution in [0.15, 0.2) is 57.9 Å². The number of sulfonamides is 1. The largest absolute Gasteiger partial charge is 0.497 e. The highest BCUT2D eigenvalue weighted by molar-refractivity contribution is 9.10. The summed E-state index contributed by atoms with van der Waals surface area (Å²) in [6, 6.07) is 13.0. The molecule has 0 saturated carbocycles. The average Bonchev–Trinajstić information content (AvgIpc) is 2.77. The van der Waals surface area contributed by atoms with E-state index >= 15 is 0 Å². The zero-order chi connectivity index (χ0) is 21.7. The van der Waals surface area contributed by atoms with Gasteiger partial charge in [-0.3, -0.25) is 9.59 Å². The maximum atomic E-state index is 12.8. The maximum Gasteiger partial charge on any atom is 0.309 e. The van der Waals surface area contributed by atoms with Gasteiger partial charge in [0.15, 0.2) is 12.4 Å². The van der Waals surface area contributed by atoms with Crippen molar-refractivity contribution < 1.29 is 27.5 Å². The van der Waals surface area contributed by atoms with Crippen molar-refractivity contribution in [3.63, 3.8) is 0 Å². The Bertz CT molecular complexity index is 997. The SMILES string of the molecule is COc1ccc(S(=O)(=O)N2CCC(C(=O)OCC(=O)c3ccc(Br)cc3)CC2)cc1. The number of esters is 1. The summed E-state index contributed by atoms with van der Waals surface area (Å²) < 4.78 is 38.0. The molecule has 9 heteroatoms. The molecule has 1 fully saturated rings. The Labute approximate surface area is 184 Å². The summed E-state index contributed by atoms with van der Waals surface area (Å²) in [6.45, 7) is 0.106. The highest BCUT2D eigenvalue weighted by Gasteiger charge is 2.33. The van der Waals surface area contributed by atoms with E-state index in [1.54, 1.807) is 36.4 Å². The van der Waals surface area contributed by atoms with Gasteiger partial charge in [0.2, 0.25) is 10.0 Å². The second-order valence-corrected chi connectivity index (χ2v) is 9.75. The summed E-state index contributed by atoms with van der Waals surface area (Å²) in [5.41, 5.74) is 0.464. The second-order valence-electron chi connectivity index (χ2n) is 6.89. The zero-order valence-electron chi connectivity index (χ0n) is 16.4.